The third-order valence-electron chi connectivity index (χ3n) is 3.23. The van der Waals surface area contributed by atoms with E-state index >= 15 is 0 Å². The number of methoxy groups -OCH3 is 1. The Hall–Kier alpha value is -1.55. The van der Waals surface area contributed by atoms with Gasteiger partial charge in [-0.1, -0.05) is 26.0 Å². The van der Waals surface area contributed by atoms with Crippen molar-refractivity contribution in [1.82, 2.24) is 10.6 Å². The fourth-order valence-corrected chi connectivity index (χ4v) is 1.99. The highest BCUT2D eigenvalue weighted by atomic mass is 16.5. The van der Waals surface area contributed by atoms with E-state index in [-0.39, 0.29) is 11.8 Å². The van der Waals surface area contributed by atoms with E-state index in [2.05, 4.69) is 24.5 Å². The van der Waals surface area contributed by atoms with Crippen LogP contribution < -0.4 is 15.4 Å². The maximum absolute atomic E-state index is 11.8. The lowest BCUT2D eigenvalue weighted by molar-refractivity contribution is -0.121. The second-order valence-corrected chi connectivity index (χ2v) is 4.98. The summed E-state index contributed by atoms with van der Waals surface area (Å²) in [5.41, 5.74) is 1.16. The van der Waals surface area contributed by atoms with Crippen LogP contribution in [0.15, 0.2) is 24.3 Å². The lowest BCUT2D eigenvalue weighted by Crippen LogP contribution is -2.32. The zero-order chi connectivity index (χ0) is 14.8. The molecule has 1 unspecified atom stereocenters. The average molecular weight is 278 g/mol. The van der Waals surface area contributed by atoms with Crippen LogP contribution in [-0.4, -0.2) is 32.7 Å². The van der Waals surface area contributed by atoms with E-state index in [1.54, 1.807) is 7.11 Å². The Labute approximate surface area is 121 Å². The van der Waals surface area contributed by atoms with E-state index in [9.17, 15) is 4.79 Å². The predicted octanol–water partition coefficient (Wildman–Crippen LogP) is 2.30. The van der Waals surface area contributed by atoms with Gasteiger partial charge >= 0.3 is 0 Å². The van der Waals surface area contributed by atoms with Crippen molar-refractivity contribution in [3.05, 3.63) is 29.8 Å². The molecule has 0 aliphatic carbocycles. The molecule has 0 aliphatic rings. The van der Waals surface area contributed by atoms with Crippen LogP contribution in [0.1, 0.15) is 38.2 Å². The molecular formula is C16H26N2O2. The molecule has 0 fully saturated rings. The molecule has 0 aromatic heterocycles. The fourth-order valence-electron chi connectivity index (χ4n) is 1.99. The van der Waals surface area contributed by atoms with Gasteiger partial charge in [0.05, 0.1) is 7.11 Å². The monoisotopic (exact) mass is 278 g/mol. The molecule has 1 amide bonds. The molecule has 0 heterocycles. The molecule has 2 N–H and O–H groups in total. The zero-order valence-electron chi connectivity index (χ0n) is 12.7. The second-order valence-electron chi connectivity index (χ2n) is 4.98. The third-order valence-corrected chi connectivity index (χ3v) is 3.23. The average Bonchev–Trinajstić information content (AvgIpc) is 2.47. The fraction of sp³-hybridized carbons (Fsp3) is 0.562. The van der Waals surface area contributed by atoms with E-state index < -0.39 is 0 Å². The van der Waals surface area contributed by atoms with Gasteiger partial charge < -0.3 is 15.4 Å². The summed E-state index contributed by atoms with van der Waals surface area (Å²) in [6, 6.07) is 7.88. The van der Waals surface area contributed by atoms with Crippen LogP contribution in [-0.2, 0) is 4.79 Å². The molecular weight excluding hydrogens is 252 g/mol. The van der Waals surface area contributed by atoms with Crippen LogP contribution in [0.25, 0.3) is 0 Å². The molecule has 0 radical (unpaired) electrons. The van der Waals surface area contributed by atoms with Crippen molar-refractivity contribution in [2.24, 2.45) is 0 Å². The first-order valence-electron chi connectivity index (χ1n) is 7.28. The van der Waals surface area contributed by atoms with Gasteiger partial charge in [-0.25, -0.2) is 0 Å². The summed E-state index contributed by atoms with van der Waals surface area (Å²) in [6.45, 7) is 6.71. The van der Waals surface area contributed by atoms with Crippen molar-refractivity contribution in [3.8, 4) is 5.75 Å². The van der Waals surface area contributed by atoms with Crippen molar-refractivity contribution >= 4 is 5.91 Å². The molecule has 0 saturated heterocycles. The van der Waals surface area contributed by atoms with Gasteiger partial charge in [0.2, 0.25) is 5.91 Å². The maximum atomic E-state index is 11.8. The van der Waals surface area contributed by atoms with Crippen LogP contribution in [0.3, 0.4) is 0 Å². The summed E-state index contributed by atoms with van der Waals surface area (Å²) in [7, 11) is 1.65. The van der Waals surface area contributed by atoms with E-state index in [1.807, 2.05) is 24.3 Å². The maximum Gasteiger partial charge on any atom is 0.220 e. The summed E-state index contributed by atoms with van der Waals surface area (Å²) < 4.78 is 5.13. The van der Waals surface area contributed by atoms with Gasteiger partial charge in [0.25, 0.3) is 0 Å². The number of nitrogens with one attached hydrogen (secondary N) is 2. The molecule has 1 rings (SSSR count). The van der Waals surface area contributed by atoms with Gasteiger partial charge in [-0.3, -0.25) is 4.79 Å². The van der Waals surface area contributed by atoms with Gasteiger partial charge in [0, 0.05) is 19.5 Å². The van der Waals surface area contributed by atoms with E-state index in [0.717, 1.165) is 30.8 Å². The van der Waals surface area contributed by atoms with Crippen LogP contribution in [0.5, 0.6) is 5.75 Å². The second kappa shape index (κ2) is 9.37. The minimum atomic E-state index is 0.103. The molecule has 4 nitrogen and oxygen atoms in total. The first-order valence-corrected chi connectivity index (χ1v) is 7.28. The number of hydrogen-bond donors (Lipinski definition) is 2. The van der Waals surface area contributed by atoms with Gasteiger partial charge in [-0.2, -0.15) is 0 Å². The molecule has 0 saturated carbocycles. The minimum absolute atomic E-state index is 0.103. The Kier molecular flexibility index (Phi) is 7.73. The number of carbonyl (C=O) groups is 1. The van der Waals surface area contributed by atoms with E-state index in [0.29, 0.717) is 13.0 Å². The van der Waals surface area contributed by atoms with Crippen molar-refractivity contribution in [3.63, 3.8) is 0 Å². The van der Waals surface area contributed by atoms with Gasteiger partial charge in [-0.15, -0.1) is 0 Å². The topological polar surface area (TPSA) is 50.4 Å². The smallest absolute Gasteiger partial charge is 0.220 e. The zero-order valence-corrected chi connectivity index (χ0v) is 12.7. The molecule has 0 aliphatic heterocycles. The molecule has 1 aromatic carbocycles. The van der Waals surface area contributed by atoms with Crippen LogP contribution in [0, 0.1) is 0 Å². The minimum Gasteiger partial charge on any atom is -0.497 e. The highest BCUT2D eigenvalue weighted by molar-refractivity contribution is 5.76. The van der Waals surface area contributed by atoms with E-state index in [1.165, 1.54) is 0 Å². The SMILES string of the molecule is CCCNCCNC(=O)CC(C)c1ccc(OC)cc1. The Morgan fingerprint density at radius 2 is 1.90 bits per heavy atom. The Morgan fingerprint density at radius 3 is 2.50 bits per heavy atom. The number of rotatable bonds is 9. The van der Waals surface area contributed by atoms with E-state index in [4.69, 9.17) is 4.74 Å². The highest BCUT2D eigenvalue weighted by Crippen LogP contribution is 2.21. The predicted molar refractivity (Wildman–Crippen MR) is 82.2 cm³/mol. The van der Waals surface area contributed by atoms with Crippen LogP contribution in [0.4, 0.5) is 0 Å². The molecule has 1 aromatic rings. The van der Waals surface area contributed by atoms with Crippen molar-refractivity contribution in [2.45, 2.75) is 32.6 Å². The standard InChI is InChI=1S/C16H26N2O2/c1-4-9-17-10-11-18-16(19)12-13(2)14-5-7-15(20-3)8-6-14/h5-8,13,17H,4,9-12H2,1-3H3,(H,18,19). The molecule has 4 heteroatoms. The Balaban J connectivity index is 2.29. The Bertz CT molecular complexity index is 390. The Morgan fingerprint density at radius 1 is 1.20 bits per heavy atom. The van der Waals surface area contributed by atoms with Crippen molar-refractivity contribution in [1.29, 1.82) is 0 Å². The summed E-state index contributed by atoms with van der Waals surface area (Å²) in [5, 5.41) is 6.20. The number of benzene rings is 1. The lowest BCUT2D eigenvalue weighted by Gasteiger charge is -2.13. The summed E-state index contributed by atoms with van der Waals surface area (Å²) in [4.78, 5) is 11.8. The van der Waals surface area contributed by atoms with Crippen molar-refractivity contribution < 1.29 is 9.53 Å². The normalized spacial score (nSPS) is 11.9. The summed E-state index contributed by atoms with van der Waals surface area (Å²) in [5.74, 6) is 1.16. The quantitative estimate of drug-likeness (QED) is 0.682. The number of hydrogen-bond acceptors (Lipinski definition) is 3. The number of carbonyl (C=O) groups excluding carboxylic acids is 1. The van der Waals surface area contributed by atoms with Gasteiger partial charge in [0.15, 0.2) is 0 Å². The number of ether oxygens (including phenoxy) is 1. The van der Waals surface area contributed by atoms with Crippen molar-refractivity contribution in [2.75, 3.05) is 26.7 Å². The summed E-state index contributed by atoms with van der Waals surface area (Å²) >= 11 is 0. The highest BCUT2D eigenvalue weighted by Gasteiger charge is 2.10. The summed E-state index contributed by atoms with van der Waals surface area (Å²) in [6.07, 6.45) is 1.63. The molecule has 1 atom stereocenters. The number of amides is 1. The van der Waals surface area contributed by atoms with Crippen LogP contribution >= 0.6 is 0 Å². The molecule has 0 bridgehead atoms. The van der Waals surface area contributed by atoms with Gasteiger partial charge in [0.1, 0.15) is 5.75 Å². The van der Waals surface area contributed by atoms with Crippen LogP contribution in [0.2, 0.25) is 0 Å². The van der Waals surface area contributed by atoms with Gasteiger partial charge in [-0.05, 0) is 36.6 Å². The largest absolute Gasteiger partial charge is 0.497 e. The lowest BCUT2D eigenvalue weighted by atomic mass is 9.97. The third kappa shape index (κ3) is 6.06. The molecule has 112 valence electrons. The first kappa shape index (κ1) is 16.5. The molecule has 20 heavy (non-hydrogen) atoms. The first-order chi connectivity index (χ1) is 9.67. The molecule has 0 spiro atoms.